The molecule has 0 N–H and O–H groups in total. The predicted molar refractivity (Wildman–Crippen MR) is 96.2 cm³/mol. The average Bonchev–Trinajstić information content (AvgIpc) is 3.09. The Morgan fingerprint density at radius 1 is 1.16 bits per heavy atom. The van der Waals surface area contributed by atoms with Gasteiger partial charge in [-0.05, 0) is 18.5 Å². The number of amides is 1. The van der Waals surface area contributed by atoms with E-state index >= 15 is 0 Å². The van der Waals surface area contributed by atoms with Gasteiger partial charge in [0.25, 0.3) is 0 Å². The molecule has 6 nitrogen and oxygen atoms in total. The van der Waals surface area contributed by atoms with Gasteiger partial charge in [0, 0.05) is 44.6 Å². The van der Waals surface area contributed by atoms with Crippen LogP contribution in [0.25, 0.3) is 11.4 Å². The Morgan fingerprint density at radius 3 is 2.48 bits per heavy atom. The van der Waals surface area contributed by atoms with E-state index in [1.165, 1.54) is 5.56 Å². The highest BCUT2D eigenvalue weighted by Crippen LogP contribution is 2.20. The summed E-state index contributed by atoms with van der Waals surface area (Å²) < 4.78 is 5.31. The number of rotatable bonds is 5. The third-order valence-corrected chi connectivity index (χ3v) is 4.71. The summed E-state index contributed by atoms with van der Waals surface area (Å²) in [5, 5.41) is 4.04. The molecule has 2 aromatic rings. The van der Waals surface area contributed by atoms with Crippen LogP contribution in [0.1, 0.15) is 37.6 Å². The Bertz CT molecular complexity index is 700. The van der Waals surface area contributed by atoms with Gasteiger partial charge < -0.3 is 14.3 Å². The Kier molecular flexibility index (Phi) is 5.48. The normalized spacial score (nSPS) is 15.8. The first-order valence-corrected chi connectivity index (χ1v) is 8.92. The number of likely N-dealkylation sites (N-methyl/N-ethyl adjacent to an activating group) is 1. The molecule has 1 saturated heterocycles. The lowest BCUT2D eigenvalue weighted by molar-refractivity contribution is -0.132. The summed E-state index contributed by atoms with van der Waals surface area (Å²) >= 11 is 0. The molecule has 3 rings (SSSR count). The predicted octanol–water partition coefficient (Wildman–Crippen LogP) is 2.57. The molecule has 0 aliphatic carbocycles. The number of carbonyl (C=O) groups is 1. The summed E-state index contributed by atoms with van der Waals surface area (Å²) in [5.74, 6) is 1.76. The smallest absolute Gasteiger partial charge is 0.227 e. The second kappa shape index (κ2) is 7.78. The van der Waals surface area contributed by atoms with E-state index in [-0.39, 0.29) is 5.91 Å². The summed E-state index contributed by atoms with van der Waals surface area (Å²) in [6, 6.07) is 8.21. The van der Waals surface area contributed by atoms with Gasteiger partial charge >= 0.3 is 0 Å². The van der Waals surface area contributed by atoms with Gasteiger partial charge in [0.15, 0.2) is 0 Å². The van der Waals surface area contributed by atoms with Crippen molar-refractivity contribution >= 4 is 5.91 Å². The molecule has 0 bridgehead atoms. The summed E-state index contributed by atoms with van der Waals surface area (Å²) in [6.45, 7) is 7.79. The van der Waals surface area contributed by atoms with Gasteiger partial charge in [0.1, 0.15) is 0 Å². The maximum Gasteiger partial charge on any atom is 0.227 e. The minimum absolute atomic E-state index is 0.161. The molecule has 0 radical (unpaired) electrons. The maximum atomic E-state index is 12.3. The monoisotopic (exact) mass is 342 g/mol. The third kappa shape index (κ3) is 4.45. The molecule has 1 fully saturated rings. The van der Waals surface area contributed by atoms with Gasteiger partial charge in [-0.1, -0.05) is 43.3 Å². The number of nitrogens with zero attached hydrogens (tertiary/aromatic N) is 4. The summed E-state index contributed by atoms with van der Waals surface area (Å²) in [7, 11) is 2.08. The fourth-order valence-electron chi connectivity index (χ4n) is 2.92. The van der Waals surface area contributed by atoms with Gasteiger partial charge in [-0.15, -0.1) is 0 Å². The zero-order chi connectivity index (χ0) is 17.8. The number of hydrogen-bond acceptors (Lipinski definition) is 5. The van der Waals surface area contributed by atoms with Crippen LogP contribution in [0.4, 0.5) is 0 Å². The fraction of sp³-hybridized carbons (Fsp3) is 0.526. The number of aryl methyl sites for hydroxylation is 1. The zero-order valence-electron chi connectivity index (χ0n) is 15.2. The SMILES string of the molecule is CC(C)c1ccc(-c2noc(CCC(=O)N3CCN(C)CC3)n2)cc1. The highest BCUT2D eigenvalue weighted by molar-refractivity contribution is 5.76. The Hall–Kier alpha value is -2.21. The maximum absolute atomic E-state index is 12.3. The highest BCUT2D eigenvalue weighted by atomic mass is 16.5. The van der Waals surface area contributed by atoms with Crippen LogP contribution >= 0.6 is 0 Å². The first-order chi connectivity index (χ1) is 12.0. The van der Waals surface area contributed by atoms with Crippen molar-refractivity contribution in [1.82, 2.24) is 19.9 Å². The van der Waals surface area contributed by atoms with E-state index in [1.54, 1.807) is 0 Å². The van der Waals surface area contributed by atoms with Crippen LogP contribution in [-0.2, 0) is 11.2 Å². The fourth-order valence-corrected chi connectivity index (χ4v) is 2.92. The van der Waals surface area contributed by atoms with Gasteiger partial charge in [-0.3, -0.25) is 4.79 Å². The number of aromatic nitrogens is 2. The minimum atomic E-state index is 0.161. The van der Waals surface area contributed by atoms with Crippen molar-refractivity contribution in [1.29, 1.82) is 0 Å². The molecule has 0 spiro atoms. The number of carbonyl (C=O) groups excluding carboxylic acids is 1. The lowest BCUT2D eigenvalue weighted by Gasteiger charge is -2.32. The lowest BCUT2D eigenvalue weighted by atomic mass is 10.0. The van der Waals surface area contributed by atoms with Crippen molar-refractivity contribution in [3.8, 4) is 11.4 Å². The van der Waals surface area contributed by atoms with Crippen LogP contribution < -0.4 is 0 Å². The van der Waals surface area contributed by atoms with Crippen molar-refractivity contribution in [2.45, 2.75) is 32.6 Å². The van der Waals surface area contributed by atoms with E-state index in [0.29, 0.717) is 30.5 Å². The number of hydrogen-bond donors (Lipinski definition) is 0. The average molecular weight is 342 g/mol. The van der Waals surface area contributed by atoms with Gasteiger partial charge in [0.05, 0.1) is 0 Å². The third-order valence-electron chi connectivity index (χ3n) is 4.71. The molecular formula is C19H26N4O2. The molecule has 0 saturated carbocycles. The molecule has 134 valence electrons. The van der Waals surface area contributed by atoms with Gasteiger partial charge in [-0.2, -0.15) is 4.98 Å². The Morgan fingerprint density at radius 2 is 1.84 bits per heavy atom. The number of benzene rings is 1. The Balaban J connectivity index is 1.55. The van der Waals surface area contributed by atoms with E-state index in [4.69, 9.17) is 4.52 Å². The molecule has 25 heavy (non-hydrogen) atoms. The van der Waals surface area contributed by atoms with E-state index in [2.05, 4.69) is 48.1 Å². The van der Waals surface area contributed by atoms with Gasteiger partial charge in [0.2, 0.25) is 17.6 Å². The van der Waals surface area contributed by atoms with Crippen molar-refractivity contribution in [3.63, 3.8) is 0 Å². The molecule has 1 aromatic carbocycles. The second-order valence-electron chi connectivity index (χ2n) is 6.97. The van der Waals surface area contributed by atoms with Crippen LogP contribution in [0, 0.1) is 0 Å². The quantitative estimate of drug-likeness (QED) is 0.836. The van der Waals surface area contributed by atoms with Crippen molar-refractivity contribution < 1.29 is 9.32 Å². The molecule has 2 heterocycles. The molecule has 1 amide bonds. The van der Waals surface area contributed by atoms with Crippen LogP contribution in [0.3, 0.4) is 0 Å². The van der Waals surface area contributed by atoms with Crippen LogP contribution in [0.15, 0.2) is 28.8 Å². The van der Waals surface area contributed by atoms with Crippen molar-refractivity contribution in [3.05, 3.63) is 35.7 Å². The summed E-state index contributed by atoms with van der Waals surface area (Å²) in [4.78, 5) is 20.9. The molecular weight excluding hydrogens is 316 g/mol. The number of piperazine rings is 1. The van der Waals surface area contributed by atoms with Crippen LogP contribution in [-0.4, -0.2) is 59.1 Å². The van der Waals surface area contributed by atoms with Crippen LogP contribution in [0.5, 0.6) is 0 Å². The van der Waals surface area contributed by atoms with Gasteiger partial charge in [-0.25, -0.2) is 0 Å². The molecule has 1 aromatic heterocycles. The van der Waals surface area contributed by atoms with E-state index in [1.807, 2.05) is 17.0 Å². The molecule has 0 unspecified atom stereocenters. The molecule has 1 aliphatic heterocycles. The summed E-state index contributed by atoms with van der Waals surface area (Å²) in [6.07, 6.45) is 0.903. The largest absolute Gasteiger partial charge is 0.340 e. The standard InChI is InChI=1S/C19H26N4O2/c1-14(2)15-4-6-16(7-5-15)19-20-17(25-21-19)8-9-18(24)23-12-10-22(3)11-13-23/h4-7,14H,8-13H2,1-3H3. The zero-order valence-corrected chi connectivity index (χ0v) is 15.2. The first kappa shape index (κ1) is 17.6. The van der Waals surface area contributed by atoms with E-state index in [9.17, 15) is 4.79 Å². The lowest BCUT2D eigenvalue weighted by Crippen LogP contribution is -2.47. The molecule has 6 heteroatoms. The first-order valence-electron chi connectivity index (χ1n) is 8.92. The van der Waals surface area contributed by atoms with Crippen LogP contribution in [0.2, 0.25) is 0 Å². The topological polar surface area (TPSA) is 62.5 Å². The highest BCUT2D eigenvalue weighted by Gasteiger charge is 2.19. The van der Waals surface area contributed by atoms with E-state index in [0.717, 1.165) is 31.7 Å². The summed E-state index contributed by atoms with van der Waals surface area (Å²) in [5.41, 5.74) is 2.22. The minimum Gasteiger partial charge on any atom is -0.340 e. The second-order valence-corrected chi connectivity index (χ2v) is 6.97. The van der Waals surface area contributed by atoms with Crippen molar-refractivity contribution in [2.75, 3.05) is 33.2 Å². The molecule has 0 atom stereocenters. The van der Waals surface area contributed by atoms with Crippen molar-refractivity contribution in [2.24, 2.45) is 0 Å². The van der Waals surface area contributed by atoms with E-state index < -0.39 is 0 Å². The Labute approximate surface area is 148 Å². The molecule has 1 aliphatic rings.